The van der Waals surface area contributed by atoms with Crippen LogP contribution in [0.1, 0.15) is 50.2 Å². The highest BCUT2D eigenvalue weighted by Gasteiger charge is 2.22. The molecule has 2 aliphatic heterocycles. The molecule has 1 saturated heterocycles. The smallest absolute Gasteiger partial charge is 0.151 e. The van der Waals surface area contributed by atoms with E-state index in [0.29, 0.717) is 5.92 Å². The van der Waals surface area contributed by atoms with Crippen molar-refractivity contribution in [2.75, 3.05) is 11.5 Å². The minimum Gasteiger partial charge on any atom is -0.250 e. The fraction of sp³-hybridized carbons (Fsp3) is 0.846. The van der Waals surface area contributed by atoms with E-state index in [4.69, 9.17) is 10.1 Å². The number of aromatic nitrogens is 3. The third-order valence-electron chi connectivity index (χ3n) is 4.00. The monoisotopic (exact) mass is 251 g/mol. The molecule has 4 heteroatoms. The van der Waals surface area contributed by atoms with Crippen LogP contribution < -0.4 is 0 Å². The molecular formula is C13H21N3S. The zero-order chi connectivity index (χ0) is 11.7. The molecule has 17 heavy (non-hydrogen) atoms. The molecule has 2 aliphatic rings. The lowest BCUT2D eigenvalue weighted by Gasteiger charge is -2.19. The second-order valence-electron chi connectivity index (χ2n) is 5.41. The minimum absolute atomic E-state index is 0.604. The largest absolute Gasteiger partial charge is 0.250 e. The van der Waals surface area contributed by atoms with Crippen LogP contribution >= 0.6 is 11.8 Å². The van der Waals surface area contributed by atoms with Crippen LogP contribution in [0.4, 0.5) is 0 Å². The van der Waals surface area contributed by atoms with Crippen LogP contribution in [0.15, 0.2) is 0 Å². The van der Waals surface area contributed by atoms with Crippen molar-refractivity contribution in [3.8, 4) is 0 Å². The van der Waals surface area contributed by atoms with E-state index in [-0.39, 0.29) is 0 Å². The van der Waals surface area contributed by atoms with Crippen LogP contribution in [-0.2, 0) is 13.0 Å². The van der Waals surface area contributed by atoms with Crippen molar-refractivity contribution in [2.45, 2.75) is 51.5 Å². The molecular weight excluding hydrogens is 230 g/mol. The van der Waals surface area contributed by atoms with Gasteiger partial charge in [-0.25, -0.2) is 9.67 Å². The second kappa shape index (κ2) is 5.01. The molecule has 1 atom stereocenters. The fourth-order valence-corrected chi connectivity index (χ4v) is 4.11. The van der Waals surface area contributed by atoms with E-state index in [2.05, 4.69) is 23.4 Å². The summed E-state index contributed by atoms with van der Waals surface area (Å²) in [4.78, 5) is 4.77. The maximum atomic E-state index is 4.77. The van der Waals surface area contributed by atoms with Crippen LogP contribution in [0.25, 0.3) is 0 Å². The summed E-state index contributed by atoms with van der Waals surface area (Å²) < 4.78 is 2.15. The molecule has 0 radical (unpaired) electrons. The van der Waals surface area contributed by atoms with Crippen LogP contribution in [0.2, 0.25) is 0 Å². The molecule has 0 N–H and O–H groups in total. The summed E-state index contributed by atoms with van der Waals surface area (Å²) in [6.07, 6.45) is 6.34. The van der Waals surface area contributed by atoms with Crippen LogP contribution in [0.5, 0.6) is 0 Å². The maximum Gasteiger partial charge on any atom is 0.151 e. The van der Waals surface area contributed by atoms with Crippen molar-refractivity contribution in [1.82, 2.24) is 14.8 Å². The van der Waals surface area contributed by atoms with Gasteiger partial charge in [0.05, 0.1) is 0 Å². The van der Waals surface area contributed by atoms with Gasteiger partial charge in [-0.2, -0.15) is 16.9 Å². The number of rotatable bonds is 2. The van der Waals surface area contributed by atoms with Gasteiger partial charge in [-0.05, 0) is 43.1 Å². The van der Waals surface area contributed by atoms with Gasteiger partial charge in [0, 0.05) is 18.9 Å². The Morgan fingerprint density at radius 3 is 2.88 bits per heavy atom. The maximum absolute atomic E-state index is 4.77. The highest BCUT2D eigenvalue weighted by atomic mass is 32.2. The van der Waals surface area contributed by atoms with Gasteiger partial charge >= 0.3 is 0 Å². The van der Waals surface area contributed by atoms with Crippen LogP contribution in [-0.4, -0.2) is 26.3 Å². The molecule has 3 rings (SSSR count). The molecule has 3 nitrogen and oxygen atoms in total. The molecule has 0 amide bonds. The first-order chi connectivity index (χ1) is 8.33. The normalized spacial score (nSPS) is 25.8. The molecule has 0 aliphatic carbocycles. The summed E-state index contributed by atoms with van der Waals surface area (Å²) in [5, 5.41) is 4.69. The van der Waals surface area contributed by atoms with Crippen molar-refractivity contribution in [1.29, 1.82) is 0 Å². The Labute approximate surface area is 107 Å². The highest BCUT2D eigenvalue weighted by Crippen LogP contribution is 2.28. The Bertz CT molecular complexity index is 382. The molecule has 0 saturated carbocycles. The number of thioether (sulfide) groups is 1. The Balaban J connectivity index is 1.71. The number of aryl methyl sites for hydroxylation is 1. The molecule has 94 valence electrons. The zero-order valence-electron chi connectivity index (χ0n) is 10.6. The van der Waals surface area contributed by atoms with Gasteiger partial charge in [0.1, 0.15) is 5.82 Å². The fourth-order valence-electron chi connectivity index (χ4n) is 2.90. The number of hydrogen-bond donors (Lipinski definition) is 0. The van der Waals surface area contributed by atoms with E-state index in [0.717, 1.165) is 24.7 Å². The summed E-state index contributed by atoms with van der Waals surface area (Å²) in [5.41, 5.74) is 0. The van der Waals surface area contributed by atoms with Crippen molar-refractivity contribution in [2.24, 2.45) is 5.92 Å². The van der Waals surface area contributed by atoms with E-state index in [1.165, 1.54) is 43.0 Å². The number of nitrogens with zero attached hydrogens (tertiary/aromatic N) is 3. The molecule has 1 aromatic rings. The standard InChI is InChI=1S/C13H21N3S/c1-10-3-2-6-16-13(10)14-12(15-16)9-11-4-7-17-8-5-11/h10-11H,2-9H2,1H3. The van der Waals surface area contributed by atoms with Gasteiger partial charge in [-0.15, -0.1) is 0 Å². The molecule has 0 aromatic carbocycles. The Kier molecular flexibility index (Phi) is 3.41. The highest BCUT2D eigenvalue weighted by molar-refractivity contribution is 7.99. The Hall–Kier alpha value is -0.510. The molecule has 1 unspecified atom stereocenters. The first-order valence-electron chi connectivity index (χ1n) is 6.84. The van der Waals surface area contributed by atoms with Crippen LogP contribution in [0.3, 0.4) is 0 Å². The Morgan fingerprint density at radius 2 is 2.12 bits per heavy atom. The topological polar surface area (TPSA) is 30.7 Å². The third-order valence-corrected chi connectivity index (χ3v) is 5.05. The molecule has 0 bridgehead atoms. The average molecular weight is 251 g/mol. The quantitative estimate of drug-likeness (QED) is 0.810. The van der Waals surface area contributed by atoms with Crippen molar-refractivity contribution >= 4 is 11.8 Å². The SMILES string of the molecule is CC1CCCn2nc(CC3CCSCC3)nc21. The van der Waals surface area contributed by atoms with Crippen molar-refractivity contribution < 1.29 is 0 Å². The van der Waals surface area contributed by atoms with Crippen LogP contribution in [0, 0.1) is 5.92 Å². The molecule has 1 fully saturated rings. The first-order valence-corrected chi connectivity index (χ1v) is 8.00. The Morgan fingerprint density at radius 1 is 1.29 bits per heavy atom. The first kappa shape index (κ1) is 11.6. The number of fused-ring (bicyclic) bond motifs is 1. The molecule has 0 spiro atoms. The summed E-state index contributed by atoms with van der Waals surface area (Å²) in [6, 6.07) is 0. The molecule has 1 aromatic heterocycles. The predicted molar refractivity (Wildman–Crippen MR) is 71.4 cm³/mol. The molecule has 3 heterocycles. The van der Waals surface area contributed by atoms with Gasteiger partial charge < -0.3 is 0 Å². The zero-order valence-corrected chi connectivity index (χ0v) is 11.4. The summed E-state index contributed by atoms with van der Waals surface area (Å²) >= 11 is 2.09. The van der Waals surface area contributed by atoms with E-state index in [1.807, 2.05) is 0 Å². The van der Waals surface area contributed by atoms with Crippen molar-refractivity contribution in [3.63, 3.8) is 0 Å². The summed E-state index contributed by atoms with van der Waals surface area (Å²) in [7, 11) is 0. The summed E-state index contributed by atoms with van der Waals surface area (Å²) in [5.74, 6) is 6.42. The predicted octanol–water partition coefficient (Wildman–Crippen LogP) is 2.86. The lowest BCUT2D eigenvalue weighted by Crippen LogP contribution is -2.15. The van der Waals surface area contributed by atoms with E-state index < -0.39 is 0 Å². The van der Waals surface area contributed by atoms with Gasteiger partial charge in [0.25, 0.3) is 0 Å². The van der Waals surface area contributed by atoms with Gasteiger partial charge in [-0.3, -0.25) is 0 Å². The van der Waals surface area contributed by atoms with E-state index >= 15 is 0 Å². The van der Waals surface area contributed by atoms with E-state index in [9.17, 15) is 0 Å². The van der Waals surface area contributed by atoms with Gasteiger partial charge in [0.2, 0.25) is 0 Å². The minimum atomic E-state index is 0.604. The average Bonchev–Trinajstić information content (AvgIpc) is 2.74. The second-order valence-corrected chi connectivity index (χ2v) is 6.64. The lowest BCUT2D eigenvalue weighted by atomic mass is 9.98. The van der Waals surface area contributed by atoms with Gasteiger partial charge in [-0.1, -0.05) is 6.92 Å². The lowest BCUT2D eigenvalue weighted by molar-refractivity contribution is 0.429. The van der Waals surface area contributed by atoms with Gasteiger partial charge in [0.15, 0.2) is 5.82 Å². The summed E-state index contributed by atoms with van der Waals surface area (Å²) in [6.45, 7) is 3.36. The van der Waals surface area contributed by atoms with E-state index in [1.54, 1.807) is 0 Å². The van der Waals surface area contributed by atoms with Crippen molar-refractivity contribution in [3.05, 3.63) is 11.6 Å². The number of hydrogen-bond acceptors (Lipinski definition) is 3. The third kappa shape index (κ3) is 2.51.